The van der Waals surface area contributed by atoms with Crippen molar-refractivity contribution >= 4 is 11.3 Å². The van der Waals surface area contributed by atoms with E-state index in [1.54, 1.807) is 12.4 Å². The van der Waals surface area contributed by atoms with Gasteiger partial charge in [0.05, 0.1) is 5.56 Å². The molecule has 2 heterocycles. The fourth-order valence-electron chi connectivity index (χ4n) is 1.30. The topological polar surface area (TPSA) is 84.7 Å². The van der Waals surface area contributed by atoms with Crippen molar-refractivity contribution in [3.63, 3.8) is 0 Å². The Kier molecular flexibility index (Phi) is 3.43. The molecular formula is C10H12N4OS. The molecule has 0 radical (unpaired) electrons. The third kappa shape index (κ3) is 2.34. The first-order valence-corrected chi connectivity index (χ1v) is 5.83. The first-order chi connectivity index (χ1) is 7.81. The van der Waals surface area contributed by atoms with Crippen LogP contribution in [0.3, 0.4) is 0 Å². The van der Waals surface area contributed by atoms with Crippen molar-refractivity contribution in [3.05, 3.63) is 33.7 Å². The second-order valence-electron chi connectivity index (χ2n) is 3.32. The Labute approximate surface area is 96.4 Å². The van der Waals surface area contributed by atoms with Crippen molar-refractivity contribution in [1.29, 1.82) is 0 Å². The predicted octanol–water partition coefficient (Wildman–Crippen LogP) is 0.785. The van der Waals surface area contributed by atoms with Crippen LogP contribution in [0.25, 0.3) is 10.6 Å². The van der Waals surface area contributed by atoms with Gasteiger partial charge in [-0.1, -0.05) is 11.3 Å². The van der Waals surface area contributed by atoms with Crippen molar-refractivity contribution in [2.45, 2.75) is 12.8 Å². The fourth-order valence-corrected chi connectivity index (χ4v) is 2.20. The van der Waals surface area contributed by atoms with Gasteiger partial charge in [0, 0.05) is 24.9 Å². The first-order valence-electron chi connectivity index (χ1n) is 5.01. The molecule has 0 aliphatic rings. The van der Waals surface area contributed by atoms with E-state index in [0.717, 1.165) is 17.8 Å². The lowest BCUT2D eigenvalue weighted by molar-refractivity contribution is 0.812. The molecule has 84 valence electrons. The summed E-state index contributed by atoms with van der Waals surface area (Å²) in [5.74, 6) is 0. The summed E-state index contributed by atoms with van der Waals surface area (Å²) < 4.78 is 0. The molecule has 2 rings (SSSR count). The summed E-state index contributed by atoms with van der Waals surface area (Å²) in [6, 6.07) is 1.48. The summed E-state index contributed by atoms with van der Waals surface area (Å²) in [7, 11) is 0. The molecule has 0 aliphatic heterocycles. The SMILES string of the molecule is NCCCc1nnc(-c2c[nH]ccc2=O)s1. The minimum atomic E-state index is -0.0414. The number of rotatable bonds is 4. The average Bonchev–Trinajstić information content (AvgIpc) is 2.75. The highest BCUT2D eigenvalue weighted by molar-refractivity contribution is 7.14. The van der Waals surface area contributed by atoms with Crippen LogP contribution in [0.1, 0.15) is 11.4 Å². The van der Waals surface area contributed by atoms with Crippen LogP contribution in [0, 0.1) is 0 Å². The maximum Gasteiger partial charge on any atom is 0.191 e. The molecular weight excluding hydrogens is 224 g/mol. The average molecular weight is 236 g/mol. The zero-order valence-corrected chi connectivity index (χ0v) is 9.46. The Balaban J connectivity index is 2.25. The van der Waals surface area contributed by atoms with Gasteiger partial charge in [-0.05, 0) is 13.0 Å². The summed E-state index contributed by atoms with van der Waals surface area (Å²) in [6.45, 7) is 0.640. The minimum absolute atomic E-state index is 0.0414. The van der Waals surface area contributed by atoms with E-state index in [1.165, 1.54) is 17.4 Å². The molecule has 0 aromatic carbocycles. The lowest BCUT2D eigenvalue weighted by atomic mass is 10.3. The van der Waals surface area contributed by atoms with Gasteiger partial charge in [-0.3, -0.25) is 4.79 Å². The number of nitrogens with zero attached hydrogens (tertiary/aromatic N) is 2. The quantitative estimate of drug-likeness (QED) is 0.821. The molecule has 6 heteroatoms. The summed E-state index contributed by atoms with van der Waals surface area (Å²) in [4.78, 5) is 14.4. The Hall–Kier alpha value is -1.53. The van der Waals surface area contributed by atoms with Crippen molar-refractivity contribution in [3.8, 4) is 10.6 Å². The molecule has 3 N–H and O–H groups in total. The van der Waals surface area contributed by atoms with E-state index in [2.05, 4.69) is 15.2 Å². The Morgan fingerprint density at radius 1 is 1.44 bits per heavy atom. The highest BCUT2D eigenvalue weighted by atomic mass is 32.1. The van der Waals surface area contributed by atoms with Crippen LogP contribution in [-0.2, 0) is 6.42 Å². The molecule has 0 atom stereocenters. The number of hydrogen-bond donors (Lipinski definition) is 2. The number of pyridine rings is 1. The van der Waals surface area contributed by atoms with Gasteiger partial charge < -0.3 is 10.7 Å². The number of H-pyrrole nitrogens is 1. The van der Waals surface area contributed by atoms with Crippen LogP contribution in [0.15, 0.2) is 23.3 Å². The molecule has 0 fully saturated rings. The van der Waals surface area contributed by atoms with E-state index in [-0.39, 0.29) is 5.43 Å². The smallest absolute Gasteiger partial charge is 0.191 e. The first kappa shape index (κ1) is 11.0. The molecule has 0 bridgehead atoms. The molecule has 0 spiro atoms. The van der Waals surface area contributed by atoms with E-state index in [4.69, 9.17) is 5.73 Å². The number of nitrogens with two attached hydrogens (primary N) is 1. The maximum atomic E-state index is 11.5. The van der Waals surface area contributed by atoms with E-state index in [0.29, 0.717) is 17.1 Å². The van der Waals surface area contributed by atoms with Gasteiger partial charge in [-0.25, -0.2) is 0 Å². The third-order valence-electron chi connectivity index (χ3n) is 2.12. The molecule has 0 saturated heterocycles. The Morgan fingerprint density at radius 3 is 3.06 bits per heavy atom. The number of aryl methyl sites for hydroxylation is 1. The standard InChI is InChI=1S/C10H12N4OS/c11-4-1-2-9-13-14-10(16-9)7-6-12-5-3-8(7)15/h3,5-6H,1-2,4,11H2,(H,12,15). The van der Waals surface area contributed by atoms with E-state index >= 15 is 0 Å². The predicted molar refractivity (Wildman–Crippen MR) is 63.3 cm³/mol. The highest BCUT2D eigenvalue weighted by Crippen LogP contribution is 2.20. The lowest BCUT2D eigenvalue weighted by Gasteiger charge is -1.92. The van der Waals surface area contributed by atoms with E-state index in [1.807, 2.05) is 0 Å². The van der Waals surface area contributed by atoms with Crippen molar-refractivity contribution in [2.75, 3.05) is 6.54 Å². The van der Waals surface area contributed by atoms with E-state index < -0.39 is 0 Å². The molecule has 5 nitrogen and oxygen atoms in total. The van der Waals surface area contributed by atoms with Crippen molar-refractivity contribution in [1.82, 2.24) is 15.2 Å². The molecule has 0 aliphatic carbocycles. The van der Waals surface area contributed by atoms with Gasteiger partial charge in [-0.2, -0.15) is 0 Å². The molecule has 0 unspecified atom stereocenters. The number of aromatic nitrogens is 3. The number of hydrogen-bond acceptors (Lipinski definition) is 5. The van der Waals surface area contributed by atoms with Crippen LogP contribution in [-0.4, -0.2) is 21.7 Å². The van der Waals surface area contributed by atoms with Crippen LogP contribution >= 0.6 is 11.3 Å². The van der Waals surface area contributed by atoms with Crippen LogP contribution < -0.4 is 11.2 Å². The molecule has 0 amide bonds. The molecule has 16 heavy (non-hydrogen) atoms. The van der Waals surface area contributed by atoms with Crippen molar-refractivity contribution in [2.24, 2.45) is 5.73 Å². The van der Waals surface area contributed by atoms with Crippen LogP contribution in [0.5, 0.6) is 0 Å². The monoisotopic (exact) mass is 236 g/mol. The number of aromatic amines is 1. The van der Waals surface area contributed by atoms with Gasteiger partial charge in [0.25, 0.3) is 0 Å². The molecule has 2 aromatic heterocycles. The van der Waals surface area contributed by atoms with Crippen molar-refractivity contribution < 1.29 is 0 Å². The second kappa shape index (κ2) is 5.00. The largest absolute Gasteiger partial charge is 0.367 e. The van der Waals surface area contributed by atoms with Crippen LogP contribution in [0.2, 0.25) is 0 Å². The highest BCUT2D eigenvalue weighted by Gasteiger charge is 2.08. The Bertz CT molecular complexity index is 519. The van der Waals surface area contributed by atoms with Gasteiger partial charge >= 0.3 is 0 Å². The van der Waals surface area contributed by atoms with Gasteiger partial charge in [-0.15, -0.1) is 10.2 Å². The van der Waals surface area contributed by atoms with Gasteiger partial charge in [0.15, 0.2) is 10.4 Å². The molecule has 0 saturated carbocycles. The summed E-state index contributed by atoms with van der Waals surface area (Å²) in [5.41, 5.74) is 5.95. The zero-order chi connectivity index (χ0) is 11.4. The van der Waals surface area contributed by atoms with Gasteiger partial charge in [0.2, 0.25) is 0 Å². The third-order valence-corrected chi connectivity index (χ3v) is 3.13. The summed E-state index contributed by atoms with van der Waals surface area (Å²) in [6.07, 6.45) is 4.95. The maximum absolute atomic E-state index is 11.5. The summed E-state index contributed by atoms with van der Waals surface area (Å²) in [5, 5.41) is 9.62. The normalized spacial score (nSPS) is 10.6. The van der Waals surface area contributed by atoms with E-state index in [9.17, 15) is 4.79 Å². The fraction of sp³-hybridized carbons (Fsp3) is 0.300. The second-order valence-corrected chi connectivity index (χ2v) is 4.38. The lowest BCUT2D eigenvalue weighted by Crippen LogP contribution is -2.01. The molecule has 2 aromatic rings. The zero-order valence-electron chi connectivity index (χ0n) is 8.64. The Morgan fingerprint density at radius 2 is 2.31 bits per heavy atom. The van der Waals surface area contributed by atoms with Gasteiger partial charge in [0.1, 0.15) is 5.01 Å². The summed E-state index contributed by atoms with van der Waals surface area (Å²) >= 11 is 1.44. The minimum Gasteiger partial charge on any atom is -0.367 e. The number of nitrogens with one attached hydrogen (secondary N) is 1. The van der Waals surface area contributed by atoms with Crippen LogP contribution in [0.4, 0.5) is 0 Å².